The summed E-state index contributed by atoms with van der Waals surface area (Å²) in [6.07, 6.45) is 8.30. The molecule has 2 amide bonds. The van der Waals surface area contributed by atoms with Crippen LogP contribution in [-0.4, -0.2) is 39.2 Å². The van der Waals surface area contributed by atoms with Gasteiger partial charge in [0.15, 0.2) is 5.17 Å². The van der Waals surface area contributed by atoms with Crippen LogP contribution in [0.5, 0.6) is 0 Å². The summed E-state index contributed by atoms with van der Waals surface area (Å²) in [5, 5.41) is 3.64. The fourth-order valence-corrected chi connectivity index (χ4v) is 5.46. The lowest BCUT2D eigenvalue weighted by molar-refractivity contribution is -0.135. The van der Waals surface area contributed by atoms with Crippen LogP contribution in [0, 0.1) is 0 Å². The summed E-state index contributed by atoms with van der Waals surface area (Å²) in [5.74, 6) is -0.0361. The molecule has 3 aliphatic rings. The summed E-state index contributed by atoms with van der Waals surface area (Å²) >= 11 is 1.44. The van der Waals surface area contributed by atoms with Gasteiger partial charge in [0.25, 0.3) is 0 Å². The molecule has 1 unspecified atom stereocenters. The molecule has 2 heterocycles. The minimum Gasteiger partial charge on any atom is -0.338 e. The number of nitrogens with zero attached hydrogens (tertiary/aromatic N) is 2. The van der Waals surface area contributed by atoms with Crippen LogP contribution in [0.3, 0.4) is 0 Å². The van der Waals surface area contributed by atoms with Crippen molar-refractivity contribution in [3.05, 3.63) is 35.4 Å². The zero-order chi connectivity index (χ0) is 19.6. The molecular formula is C22H29N3O2S. The molecule has 1 aromatic rings. The highest BCUT2D eigenvalue weighted by Gasteiger charge is 2.45. The standard InChI is InChI=1S/C22H29N3O2S/c1-22(14-19(26)25-13-12-16-8-6-7-9-17(16)15-25)20(27)24-21(28-22)23-18-10-4-2-3-5-11-18/h6-9,18H,2-5,10-15H2,1H3,(H,23,24,27). The number of aliphatic imine (C=N–C) groups is 1. The number of rotatable bonds is 3. The van der Waals surface area contributed by atoms with Crippen LogP contribution in [0.4, 0.5) is 0 Å². The van der Waals surface area contributed by atoms with Crippen LogP contribution in [0.15, 0.2) is 29.3 Å². The molecule has 2 aliphatic heterocycles. The average Bonchev–Trinajstić information content (AvgIpc) is 2.85. The summed E-state index contributed by atoms with van der Waals surface area (Å²) in [4.78, 5) is 32.3. The predicted octanol–water partition coefficient (Wildman–Crippen LogP) is 3.66. The Labute approximate surface area is 171 Å². The number of amidine groups is 1. The third-order valence-electron chi connectivity index (χ3n) is 6.12. The molecule has 0 radical (unpaired) electrons. The average molecular weight is 400 g/mol. The Hall–Kier alpha value is -1.82. The number of benzene rings is 1. The Bertz CT molecular complexity index is 786. The molecule has 1 aliphatic carbocycles. The maximum absolute atomic E-state index is 12.9. The van der Waals surface area contributed by atoms with Crippen molar-refractivity contribution in [2.24, 2.45) is 4.99 Å². The zero-order valence-electron chi connectivity index (χ0n) is 16.6. The van der Waals surface area contributed by atoms with Crippen molar-refractivity contribution in [1.29, 1.82) is 0 Å². The molecule has 28 heavy (non-hydrogen) atoms. The molecule has 0 bridgehead atoms. The molecule has 4 rings (SSSR count). The van der Waals surface area contributed by atoms with E-state index >= 15 is 0 Å². The lowest BCUT2D eigenvalue weighted by Gasteiger charge is -2.31. The number of carbonyl (C=O) groups is 2. The quantitative estimate of drug-likeness (QED) is 0.789. The first kappa shape index (κ1) is 19.5. The van der Waals surface area contributed by atoms with Gasteiger partial charge in [-0.05, 0) is 37.3 Å². The first-order chi connectivity index (χ1) is 13.5. The molecule has 0 aromatic heterocycles. The minimum absolute atomic E-state index is 0.0513. The molecule has 0 spiro atoms. The summed E-state index contributed by atoms with van der Waals surface area (Å²) in [7, 11) is 0. The Morgan fingerprint density at radius 3 is 2.68 bits per heavy atom. The van der Waals surface area contributed by atoms with Crippen molar-refractivity contribution in [1.82, 2.24) is 10.2 Å². The van der Waals surface area contributed by atoms with Crippen molar-refractivity contribution in [2.45, 2.75) is 75.6 Å². The minimum atomic E-state index is -0.766. The van der Waals surface area contributed by atoms with E-state index < -0.39 is 4.75 Å². The van der Waals surface area contributed by atoms with E-state index in [-0.39, 0.29) is 18.2 Å². The van der Waals surface area contributed by atoms with E-state index in [4.69, 9.17) is 4.99 Å². The van der Waals surface area contributed by atoms with Gasteiger partial charge in [0, 0.05) is 13.1 Å². The molecule has 1 atom stereocenters. The third kappa shape index (κ3) is 4.27. The first-order valence-electron chi connectivity index (χ1n) is 10.5. The molecule has 1 aromatic carbocycles. The highest BCUT2D eigenvalue weighted by Crippen LogP contribution is 2.36. The van der Waals surface area contributed by atoms with E-state index in [1.54, 1.807) is 0 Å². The second-order valence-electron chi connectivity index (χ2n) is 8.38. The molecule has 1 N–H and O–H groups in total. The van der Waals surface area contributed by atoms with Gasteiger partial charge in [-0.1, -0.05) is 61.7 Å². The van der Waals surface area contributed by atoms with Gasteiger partial charge in [0.05, 0.1) is 12.5 Å². The van der Waals surface area contributed by atoms with Crippen LogP contribution in [0.25, 0.3) is 0 Å². The molecule has 6 heteroatoms. The van der Waals surface area contributed by atoms with E-state index in [0.29, 0.717) is 17.8 Å². The van der Waals surface area contributed by atoms with Crippen LogP contribution < -0.4 is 5.32 Å². The van der Waals surface area contributed by atoms with Crippen molar-refractivity contribution in [3.63, 3.8) is 0 Å². The summed E-state index contributed by atoms with van der Waals surface area (Å²) in [5.41, 5.74) is 2.54. The van der Waals surface area contributed by atoms with Crippen LogP contribution >= 0.6 is 11.8 Å². The normalized spacial score (nSPS) is 27.4. The third-order valence-corrected chi connectivity index (χ3v) is 7.30. The van der Waals surface area contributed by atoms with Crippen molar-refractivity contribution < 1.29 is 9.59 Å². The Morgan fingerprint density at radius 1 is 1.21 bits per heavy atom. The second kappa shape index (κ2) is 8.27. The second-order valence-corrected chi connectivity index (χ2v) is 9.87. The first-order valence-corrected chi connectivity index (χ1v) is 11.3. The van der Waals surface area contributed by atoms with E-state index in [1.807, 2.05) is 24.0 Å². The maximum atomic E-state index is 12.9. The fourth-order valence-electron chi connectivity index (χ4n) is 4.35. The number of amides is 2. The monoisotopic (exact) mass is 399 g/mol. The largest absolute Gasteiger partial charge is 0.338 e. The summed E-state index contributed by atoms with van der Waals surface area (Å²) in [6, 6.07) is 8.60. The van der Waals surface area contributed by atoms with Gasteiger partial charge in [0.2, 0.25) is 11.8 Å². The van der Waals surface area contributed by atoms with E-state index in [9.17, 15) is 9.59 Å². The predicted molar refractivity (Wildman–Crippen MR) is 113 cm³/mol. The lowest BCUT2D eigenvalue weighted by atomic mass is 9.98. The summed E-state index contributed by atoms with van der Waals surface area (Å²) < 4.78 is -0.766. The highest BCUT2D eigenvalue weighted by molar-refractivity contribution is 8.16. The lowest BCUT2D eigenvalue weighted by Crippen LogP contribution is -2.42. The highest BCUT2D eigenvalue weighted by atomic mass is 32.2. The smallest absolute Gasteiger partial charge is 0.242 e. The van der Waals surface area contributed by atoms with E-state index in [0.717, 1.165) is 25.8 Å². The fraction of sp³-hybridized carbons (Fsp3) is 0.591. The van der Waals surface area contributed by atoms with Gasteiger partial charge in [-0.25, -0.2) is 0 Å². The zero-order valence-corrected chi connectivity index (χ0v) is 17.4. The van der Waals surface area contributed by atoms with Crippen LogP contribution in [0.2, 0.25) is 0 Å². The van der Waals surface area contributed by atoms with Gasteiger partial charge >= 0.3 is 0 Å². The topological polar surface area (TPSA) is 61.8 Å². The molecule has 150 valence electrons. The van der Waals surface area contributed by atoms with Crippen molar-refractivity contribution >= 4 is 28.7 Å². The molecule has 1 saturated heterocycles. The summed E-state index contributed by atoms with van der Waals surface area (Å²) in [6.45, 7) is 3.24. The van der Waals surface area contributed by atoms with Gasteiger partial charge in [-0.3, -0.25) is 14.6 Å². The Kier molecular flexibility index (Phi) is 5.76. The number of nitrogens with one attached hydrogen (secondary N) is 1. The number of hydrogen-bond donors (Lipinski definition) is 1. The van der Waals surface area contributed by atoms with Crippen molar-refractivity contribution in [3.8, 4) is 0 Å². The van der Waals surface area contributed by atoms with Gasteiger partial charge in [0.1, 0.15) is 4.75 Å². The van der Waals surface area contributed by atoms with E-state index in [1.165, 1.54) is 48.6 Å². The Morgan fingerprint density at radius 2 is 1.93 bits per heavy atom. The molecule has 5 nitrogen and oxygen atoms in total. The number of carbonyl (C=O) groups excluding carboxylic acids is 2. The van der Waals surface area contributed by atoms with Gasteiger partial charge in [-0.2, -0.15) is 0 Å². The van der Waals surface area contributed by atoms with Crippen LogP contribution in [0.1, 0.15) is 63.0 Å². The molecule has 1 saturated carbocycles. The molecule has 2 fully saturated rings. The van der Waals surface area contributed by atoms with Gasteiger partial charge in [-0.15, -0.1) is 0 Å². The molecular weight excluding hydrogens is 370 g/mol. The SMILES string of the molecule is CC1(CC(=O)N2CCc3ccccc3C2)SC(=NC2CCCCCC2)NC1=O. The number of fused-ring (bicyclic) bond motifs is 1. The van der Waals surface area contributed by atoms with Crippen LogP contribution in [-0.2, 0) is 22.6 Å². The Balaban J connectivity index is 1.40. The van der Waals surface area contributed by atoms with Crippen molar-refractivity contribution in [2.75, 3.05) is 6.54 Å². The number of thioether (sulfide) groups is 1. The number of hydrogen-bond acceptors (Lipinski definition) is 4. The van der Waals surface area contributed by atoms with E-state index in [2.05, 4.69) is 17.4 Å². The van der Waals surface area contributed by atoms with Gasteiger partial charge < -0.3 is 10.2 Å². The maximum Gasteiger partial charge on any atom is 0.242 e.